The zero-order valence-electron chi connectivity index (χ0n) is 17.2. The highest BCUT2D eigenvalue weighted by atomic mass is 16.2. The molecule has 1 aromatic rings. The number of hydrogen-bond acceptors (Lipinski definition) is 6. The second kappa shape index (κ2) is 8.09. The van der Waals surface area contributed by atoms with Crippen LogP contribution in [0, 0.1) is 0 Å². The van der Waals surface area contributed by atoms with Crippen molar-refractivity contribution in [2.75, 3.05) is 39.3 Å². The van der Waals surface area contributed by atoms with E-state index in [-0.39, 0.29) is 24.1 Å². The lowest BCUT2D eigenvalue weighted by molar-refractivity contribution is -0.136. The molecular weight excluding hydrogens is 382 g/mol. The van der Waals surface area contributed by atoms with E-state index in [1.165, 1.54) is 6.42 Å². The Bertz CT molecular complexity index is 858. The molecule has 30 heavy (non-hydrogen) atoms. The lowest BCUT2D eigenvalue weighted by atomic mass is 10.0. The van der Waals surface area contributed by atoms with Crippen LogP contribution in [0.2, 0.25) is 0 Å². The predicted octanol–water partition coefficient (Wildman–Crippen LogP) is -0.0729. The summed E-state index contributed by atoms with van der Waals surface area (Å²) in [5.74, 6) is -0.713. The third-order valence-electron chi connectivity index (χ3n) is 6.96. The van der Waals surface area contributed by atoms with Crippen LogP contribution in [-0.2, 0) is 22.7 Å². The number of benzene rings is 1. The Balaban J connectivity index is 1.21. The van der Waals surface area contributed by atoms with Gasteiger partial charge >= 0.3 is 0 Å². The molecule has 0 radical (unpaired) electrons. The minimum absolute atomic E-state index is 0.0973. The van der Waals surface area contributed by atoms with Crippen molar-refractivity contribution in [1.82, 2.24) is 25.3 Å². The van der Waals surface area contributed by atoms with E-state index in [0.29, 0.717) is 24.6 Å². The average molecular weight is 412 g/mol. The van der Waals surface area contributed by atoms with E-state index in [9.17, 15) is 14.4 Å². The maximum absolute atomic E-state index is 13.0. The van der Waals surface area contributed by atoms with Crippen LogP contribution in [0.5, 0.6) is 0 Å². The average Bonchev–Trinajstić information content (AvgIpc) is 3.38. The predicted molar refractivity (Wildman–Crippen MR) is 111 cm³/mol. The summed E-state index contributed by atoms with van der Waals surface area (Å²) in [7, 11) is 0. The molecule has 3 fully saturated rings. The fourth-order valence-electron chi connectivity index (χ4n) is 5.20. The number of nitrogens with zero attached hydrogens (tertiary/aromatic N) is 3. The summed E-state index contributed by atoms with van der Waals surface area (Å²) in [4.78, 5) is 43.3. The van der Waals surface area contributed by atoms with Gasteiger partial charge in [0.1, 0.15) is 6.04 Å². The highest BCUT2D eigenvalue weighted by Crippen LogP contribution is 2.28. The molecule has 1 unspecified atom stereocenters. The molecule has 0 spiro atoms. The number of piperazine rings is 1. The van der Waals surface area contributed by atoms with E-state index in [0.717, 1.165) is 56.9 Å². The first kappa shape index (κ1) is 19.7. The molecule has 4 aliphatic heterocycles. The second-order valence-electron chi connectivity index (χ2n) is 8.85. The van der Waals surface area contributed by atoms with Gasteiger partial charge < -0.3 is 10.2 Å². The Labute approximate surface area is 176 Å². The number of carbonyl (C=O) groups is 3. The molecular formula is C22H29N5O3. The van der Waals surface area contributed by atoms with Gasteiger partial charge in [0.15, 0.2) is 0 Å². The minimum atomic E-state index is -0.552. The number of nitrogens with one attached hydrogen (secondary N) is 2. The van der Waals surface area contributed by atoms with Crippen LogP contribution < -0.4 is 10.6 Å². The topological polar surface area (TPSA) is 85.0 Å². The van der Waals surface area contributed by atoms with E-state index in [4.69, 9.17) is 0 Å². The van der Waals surface area contributed by atoms with Gasteiger partial charge in [0.05, 0.1) is 0 Å². The summed E-state index contributed by atoms with van der Waals surface area (Å²) >= 11 is 0. The number of fused-ring (bicyclic) bond motifs is 1. The molecule has 1 aromatic carbocycles. The summed E-state index contributed by atoms with van der Waals surface area (Å²) in [6, 6.07) is 6.26. The van der Waals surface area contributed by atoms with Crippen molar-refractivity contribution < 1.29 is 14.4 Å². The van der Waals surface area contributed by atoms with E-state index in [1.807, 2.05) is 12.1 Å². The van der Waals surface area contributed by atoms with Crippen molar-refractivity contribution in [2.24, 2.45) is 0 Å². The molecule has 2 N–H and O–H groups in total. The normalized spacial score (nSPS) is 28.1. The van der Waals surface area contributed by atoms with Gasteiger partial charge in [0.25, 0.3) is 5.91 Å². The van der Waals surface area contributed by atoms with Crippen molar-refractivity contribution in [2.45, 2.75) is 44.4 Å². The van der Waals surface area contributed by atoms with E-state index in [1.54, 1.807) is 4.90 Å². The molecule has 0 saturated carbocycles. The van der Waals surface area contributed by atoms with Crippen molar-refractivity contribution in [1.29, 1.82) is 0 Å². The molecule has 3 saturated heterocycles. The van der Waals surface area contributed by atoms with Crippen LogP contribution in [0.3, 0.4) is 0 Å². The van der Waals surface area contributed by atoms with Crippen LogP contribution in [0.4, 0.5) is 0 Å². The molecule has 160 valence electrons. The van der Waals surface area contributed by atoms with Gasteiger partial charge in [-0.2, -0.15) is 0 Å². The third kappa shape index (κ3) is 3.75. The molecule has 8 nitrogen and oxygen atoms in total. The number of imide groups is 1. The van der Waals surface area contributed by atoms with Gasteiger partial charge in [0, 0.05) is 63.8 Å². The Morgan fingerprint density at radius 2 is 1.87 bits per heavy atom. The van der Waals surface area contributed by atoms with Gasteiger partial charge in [-0.25, -0.2) is 0 Å². The summed E-state index contributed by atoms with van der Waals surface area (Å²) in [6.07, 6.45) is 1.93. The second-order valence-corrected chi connectivity index (χ2v) is 8.85. The molecule has 0 aromatic heterocycles. The minimum Gasteiger partial charge on any atom is -0.322 e. The maximum Gasteiger partial charge on any atom is 0.255 e. The Kier molecular flexibility index (Phi) is 5.30. The highest BCUT2D eigenvalue weighted by Gasteiger charge is 2.39. The van der Waals surface area contributed by atoms with Crippen LogP contribution in [0.25, 0.3) is 0 Å². The van der Waals surface area contributed by atoms with Crippen molar-refractivity contribution in [3.05, 3.63) is 34.9 Å². The summed E-state index contributed by atoms with van der Waals surface area (Å²) in [5.41, 5.74) is 2.81. The number of carbonyl (C=O) groups excluding carboxylic acids is 3. The van der Waals surface area contributed by atoms with Crippen LogP contribution in [-0.4, -0.2) is 83.8 Å². The highest BCUT2D eigenvalue weighted by molar-refractivity contribution is 6.05. The largest absolute Gasteiger partial charge is 0.322 e. The van der Waals surface area contributed by atoms with E-state index < -0.39 is 6.04 Å². The zero-order chi connectivity index (χ0) is 20.7. The lowest BCUT2D eigenvalue weighted by Crippen LogP contribution is -2.52. The summed E-state index contributed by atoms with van der Waals surface area (Å²) < 4.78 is 0. The third-order valence-corrected chi connectivity index (χ3v) is 6.96. The monoisotopic (exact) mass is 411 g/mol. The van der Waals surface area contributed by atoms with E-state index in [2.05, 4.69) is 26.5 Å². The van der Waals surface area contributed by atoms with Gasteiger partial charge in [-0.15, -0.1) is 0 Å². The molecule has 3 amide bonds. The first-order valence-electron chi connectivity index (χ1n) is 11.0. The van der Waals surface area contributed by atoms with Crippen molar-refractivity contribution in [3.63, 3.8) is 0 Å². The zero-order valence-corrected chi connectivity index (χ0v) is 17.2. The van der Waals surface area contributed by atoms with Gasteiger partial charge in [0.2, 0.25) is 11.8 Å². The van der Waals surface area contributed by atoms with Crippen LogP contribution >= 0.6 is 0 Å². The SMILES string of the molecule is O=C1CCC(N2Cc3ccc(CN4CCN([C@H]5CCNC5)CC4)cc3C2=O)C(=O)N1. The van der Waals surface area contributed by atoms with Gasteiger partial charge in [-0.1, -0.05) is 12.1 Å². The fourth-order valence-corrected chi connectivity index (χ4v) is 5.20. The van der Waals surface area contributed by atoms with Gasteiger partial charge in [-0.05, 0) is 36.6 Å². The smallest absolute Gasteiger partial charge is 0.255 e. The number of hydrogen-bond donors (Lipinski definition) is 2. The standard InChI is InChI=1S/C22H29N5O3/c28-20-4-3-19(21(29)24-20)27-14-16-2-1-15(11-18(16)22(27)30)13-25-7-9-26(10-8-25)17-5-6-23-12-17/h1-2,11,17,19,23H,3-10,12-14H2,(H,24,28,29)/t17-,19?/m0/s1. The summed E-state index contributed by atoms with van der Waals surface area (Å²) in [5, 5.41) is 5.80. The summed E-state index contributed by atoms with van der Waals surface area (Å²) in [6.45, 7) is 7.80. The molecule has 2 atom stereocenters. The first-order chi connectivity index (χ1) is 14.6. The Morgan fingerprint density at radius 3 is 2.60 bits per heavy atom. The molecule has 0 aliphatic carbocycles. The van der Waals surface area contributed by atoms with Crippen molar-refractivity contribution >= 4 is 17.7 Å². The lowest BCUT2D eigenvalue weighted by Gasteiger charge is -2.37. The number of amides is 3. The quantitative estimate of drug-likeness (QED) is 0.675. The van der Waals surface area contributed by atoms with Crippen LogP contribution in [0.15, 0.2) is 18.2 Å². The number of piperidine rings is 1. The molecule has 4 heterocycles. The van der Waals surface area contributed by atoms with Crippen molar-refractivity contribution in [3.8, 4) is 0 Å². The fraction of sp³-hybridized carbons (Fsp3) is 0.591. The molecule has 4 aliphatic rings. The number of rotatable bonds is 4. The molecule has 5 rings (SSSR count). The maximum atomic E-state index is 13.0. The van der Waals surface area contributed by atoms with E-state index >= 15 is 0 Å². The molecule has 0 bridgehead atoms. The van der Waals surface area contributed by atoms with Crippen LogP contribution in [0.1, 0.15) is 40.7 Å². The molecule has 8 heteroatoms. The Hall–Kier alpha value is -2.29. The Morgan fingerprint density at radius 1 is 1.03 bits per heavy atom. The first-order valence-corrected chi connectivity index (χ1v) is 11.0. The van der Waals surface area contributed by atoms with Gasteiger partial charge in [-0.3, -0.25) is 29.5 Å².